The summed E-state index contributed by atoms with van der Waals surface area (Å²) in [6, 6.07) is 12.6. The molecule has 0 unspecified atom stereocenters. The molecule has 1 aromatic carbocycles. The van der Waals surface area contributed by atoms with E-state index in [0.29, 0.717) is 0 Å². The number of rotatable bonds is 8. The van der Waals surface area contributed by atoms with E-state index in [4.69, 9.17) is 0 Å². The van der Waals surface area contributed by atoms with Gasteiger partial charge < -0.3 is 0 Å². The largest absolute Gasteiger partial charge is 0.260 e. The molecule has 0 aliphatic rings. The Balaban J connectivity index is 2.05. The van der Waals surface area contributed by atoms with Crippen molar-refractivity contribution in [1.82, 2.24) is 0 Å². The zero-order valence-electron chi connectivity index (χ0n) is 14.8. The maximum absolute atomic E-state index is 4.67. The molecule has 2 aromatic rings. The summed E-state index contributed by atoms with van der Waals surface area (Å²) in [6.07, 6.45) is 10.5. The highest BCUT2D eigenvalue weighted by Gasteiger charge is 1.99. The topological polar surface area (TPSA) is 24.7 Å². The number of nitrogens with zero attached hydrogens (tertiary/aromatic N) is 2. The lowest BCUT2D eigenvalue weighted by Gasteiger charge is -2.02. The monoisotopic (exact) mass is 338 g/mol. The highest BCUT2D eigenvalue weighted by atomic mass is 32.1. The van der Waals surface area contributed by atoms with Gasteiger partial charge in [0.1, 0.15) is 0 Å². The molecule has 1 aromatic heterocycles. The van der Waals surface area contributed by atoms with Gasteiger partial charge in [0.2, 0.25) is 0 Å². The smallest absolute Gasteiger partial charge is 0.0662 e. The fourth-order valence-electron chi connectivity index (χ4n) is 2.33. The fourth-order valence-corrected chi connectivity index (χ4v) is 3.08. The first-order valence-corrected chi connectivity index (χ1v) is 9.47. The van der Waals surface area contributed by atoms with Crippen molar-refractivity contribution < 1.29 is 0 Å². The minimum absolute atomic E-state index is 1.07. The molecule has 2 nitrogen and oxygen atoms in total. The van der Waals surface area contributed by atoms with Crippen molar-refractivity contribution in [3.05, 3.63) is 63.5 Å². The number of aryl methyl sites for hydroxylation is 1. The average molecular weight is 339 g/mol. The van der Waals surface area contributed by atoms with Gasteiger partial charge in [0, 0.05) is 27.9 Å². The van der Waals surface area contributed by atoms with Gasteiger partial charge in [-0.3, -0.25) is 9.98 Å². The number of hydrogen-bond donors (Lipinski definition) is 0. The number of hydrogen-bond acceptors (Lipinski definition) is 3. The lowest BCUT2D eigenvalue weighted by molar-refractivity contribution is 0.922. The van der Waals surface area contributed by atoms with Crippen molar-refractivity contribution in [2.45, 2.75) is 46.5 Å². The molecule has 0 radical (unpaired) electrons. The lowest BCUT2D eigenvalue weighted by atomic mass is 10.1. The molecule has 3 heteroatoms. The molecule has 0 saturated heterocycles. The summed E-state index contributed by atoms with van der Waals surface area (Å²) in [6.45, 7) is 6.42. The van der Waals surface area contributed by atoms with Crippen molar-refractivity contribution in [3.63, 3.8) is 0 Å². The molecule has 1 heterocycles. The first-order valence-electron chi connectivity index (χ1n) is 8.65. The standard InChI is InChI=1S/C21H26N2S/c1-4-6-10-17(3)22-15-19-13-14-20(24-19)16-23-21-12-8-7-11-18(21)9-5-2/h7-8,10-16H,4-6,9H2,1-3H3/b17-10-,22-15?,23-16?. The van der Waals surface area contributed by atoms with E-state index in [1.54, 1.807) is 11.3 Å². The van der Waals surface area contributed by atoms with Crippen molar-refractivity contribution in [2.75, 3.05) is 0 Å². The van der Waals surface area contributed by atoms with Crippen molar-refractivity contribution in [2.24, 2.45) is 9.98 Å². The molecule has 0 aliphatic carbocycles. The molecule has 0 fully saturated rings. The Morgan fingerprint density at radius 3 is 2.50 bits per heavy atom. The minimum atomic E-state index is 1.07. The highest BCUT2D eigenvalue weighted by molar-refractivity contribution is 7.15. The Morgan fingerprint density at radius 2 is 1.75 bits per heavy atom. The number of thiophene rings is 1. The Hall–Kier alpha value is -2.00. The molecule has 0 amide bonds. The van der Waals surface area contributed by atoms with Crippen molar-refractivity contribution >= 4 is 29.5 Å². The van der Waals surface area contributed by atoms with Gasteiger partial charge in [0.25, 0.3) is 0 Å². The van der Waals surface area contributed by atoms with Crippen LogP contribution in [0.2, 0.25) is 0 Å². The molecule has 0 bridgehead atoms. The summed E-state index contributed by atoms with van der Waals surface area (Å²) in [5, 5.41) is 0. The van der Waals surface area contributed by atoms with Crippen LogP contribution < -0.4 is 0 Å². The molecule has 0 aliphatic heterocycles. The summed E-state index contributed by atoms with van der Waals surface area (Å²) >= 11 is 1.71. The summed E-state index contributed by atoms with van der Waals surface area (Å²) in [7, 11) is 0. The van der Waals surface area contributed by atoms with Crippen molar-refractivity contribution in [3.8, 4) is 0 Å². The molecule has 0 saturated carbocycles. The van der Waals surface area contributed by atoms with E-state index in [0.717, 1.165) is 46.8 Å². The number of aliphatic imine (C=N–C) groups is 2. The van der Waals surface area contributed by atoms with Gasteiger partial charge in [-0.25, -0.2) is 0 Å². The van der Waals surface area contributed by atoms with E-state index in [2.05, 4.69) is 60.2 Å². The second-order valence-corrected chi connectivity index (χ2v) is 6.92. The molecule has 24 heavy (non-hydrogen) atoms. The van der Waals surface area contributed by atoms with Crippen LogP contribution in [0.15, 0.2) is 58.2 Å². The van der Waals surface area contributed by atoms with Gasteiger partial charge in [-0.2, -0.15) is 0 Å². The van der Waals surface area contributed by atoms with E-state index < -0.39 is 0 Å². The van der Waals surface area contributed by atoms with Crippen LogP contribution in [-0.4, -0.2) is 12.4 Å². The van der Waals surface area contributed by atoms with E-state index in [1.807, 2.05) is 25.4 Å². The molecule has 0 N–H and O–H groups in total. The Labute approximate surface area is 149 Å². The van der Waals surface area contributed by atoms with E-state index >= 15 is 0 Å². The summed E-state index contributed by atoms with van der Waals surface area (Å²) in [4.78, 5) is 11.5. The minimum Gasteiger partial charge on any atom is -0.260 e. The third kappa shape index (κ3) is 5.89. The number of allylic oxidation sites excluding steroid dienone is 2. The van der Waals surface area contributed by atoms with Crippen LogP contribution in [-0.2, 0) is 6.42 Å². The normalized spacial score (nSPS) is 12.5. The number of unbranched alkanes of at least 4 members (excludes halogenated alkanes) is 1. The maximum atomic E-state index is 4.67. The first kappa shape index (κ1) is 18.3. The SMILES string of the molecule is CCC/C=C(/C)N=Cc1ccc(C=Nc2ccccc2CCC)s1. The van der Waals surface area contributed by atoms with Crippen LogP contribution in [0.25, 0.3) is 0 Å². The van der Waals surface area contributed by atoms with Gasteiger partial charge in [-0.1, -0.05) is 51.0 Å². The van der Waals surface area contributed by atoms with Gasteiger partial charge >= 0.3 is 0 Å². The Morgan fingerprint density at radius 1 is 1.00 bits per heavy atom. The lowest BCUT2D eigenvalue weighted by Crippen LogP contribution is -1.84. The molecule has 0 spiro atoms. The van der Waals surface area contributed by atoms with Crippen LogP contribution in [0, 0.1) is 0 Å². The molecular formula is C21H26N2S. The molecule has 126 valence electrons. The molecule has 0 atom stereocenters. The quantitative estimate of drug-likeness (QED) is 0.486. The third-order valence-corrected chi connectivity index (χ3v) is 4.57. The zero-order valence-corrected chi connectivity index (χ0v) is 15.6. The second-order valence-electron chi connectivity index (χ2n) is 5.77. The zero-order chi connectivity index (χ0) is 17.2. The van der Waals surface area contributed by atoms with E-state index in [9.17, 15) is 0 Å². The summed E-state index contributed by atoms with van der Waals surface area (Å²) in [5.41, 5.74) is 3.46. The van der Waals surface area contributed by atoms with Gasteiger partial charge in [-0.15, -0.1) is 11.3 Å². The Kier molecular flexibility index (Phi) is 7.63. The van der Waals surface area contributed by atoms with Crippen LogP contribution in [0.3, 0.4) is 0 Å². The predicted molar refractivity (Wildman–Crippen MR) is 108 cm³/mol. The number of benzene rings is 1. The van der Waals surface area contributed by atoms with Crippen LogP contribution in [0.5, 0.6) is 0 Å². The summed E-state index contributed by atoms with van der Waals surface area (Å²) < 4.78 is 0. The van der Waals surface area contributed by atoms with Crippen LogP contribution in [0.1, 0.15) is 55.4 Å². The van der Waals surface area contributed by atoms with Crippen molar-refractivity contribution in [1.29, 1.82) is 0 Å². The molecular weight excluding hydrogens is 312 g/mol. The highest BCUT2D eigenvalue weighted by Crippen LogP contribution is 2.21. The van der Waals surface area contributed by atoms with E-state index in [1.165, 1.54) is 5.56 Å². The van der Waals surface area contributed by atoms with E-state index in [-0.39, 0.29) is 0 Å². The maximum Gasteiger partial charge on any atom is 0.0662 e. The molecule has 2 rings (SSSR count). The fraction of sp³-hybridized carbons (Fsp3) is 0.333. The average Bonchev–Trinajstić information content (AvgIpc) is 3.05. The van der Waals surface area contributed by atoms with Crippen LogP contribution >= 0.6 is 11.3 Å². The number of para-hydroxylation sites is 1. The van der Waals surface area contributed by atoms with Gasteiger partial charge in [-0.05, 0) is 43.5 Å². The second kappa shape index (κ2) is 9.99. The van der Waals surface area contributed by atoms with Crippen LogP contribution in [0.4, 0.5) is 5.69 Å². The van der Waals surface area contributed by atoms with Gasteiger partial charge in [0.15, 0.2) is 0 Å². The first-order chi connectivity index (χ1) is 11.7. The Bertz CT molecular complexity index is 723. The third-order valence-electron chi connectivity index (χ3n) is 3.61. The van der Waals surface area contributed by atoms with Gasteiger partial charge in [0.05, 0.1) is 5.69 Å². The predicted octanol–water partition coefficient (Wildman–Crippen LogP) is 6.57. The summed E-state index contributed by atoms with van der Waals surface area (Å²) in [5.74, 6) is 0.